The van der Waals surface area contributed by atoms with Gasteiger partial charge in [-0.15, -0.1) is 0 Å². The number of nitrogens with zero attached hydrogens (tertiary/aromatic N) is 1. The van der Waals surface area contributed by atoms with Crippen molar-refractivity contribution in [3.05, 3.63) is 113 Å². The molecule has 0 saturated carbocycles. The summed E-state index contributed by atoms with van der Waals surface area (Å²) in [6.07, 6.45) is 4.57. The molecule has 0 atom stereocenters. The summed E-state index contributed by atoms with van der Waals surface area (Å²) in [5.41, 5.74) is 2.28. The van der Waals surface area contributed by atoms with E-state index >= 15 is 0 Å². The number of carbonyl (C=O) groups is 2. The molecule has 146 valence electrons. The molecule has 1 aliphatic heterocycles. The fourth-order valence-corrected chi connectivity index (χ4v) is 2.82. The van der Waals surface area contributed by atoms with Crippen LogP contribution in [0, 0.1) is 0 Å². The molecule has 0 bridgehead atoms. The zero-order valence-electron chi connectivity index (χ0n) is 15.9. The Morgan fingerprint density at radius 2 is 1.53 bits per heavy atom. The Labute approximate surface area is 173 Å². The van der Waals surface area contributed by atoms with Gasteiger partial charge >= 0.3 is 11.9 Å². The molecule has 1 heterocycles. The fourth-order valence-electron chi connectivity index (χ4n) is 2.82. The van der Waals surface area contributed by atoms with Gasteiger partial charge in [0.2, 0.25) is 5.90 Å². The van der Waals surface area contributed by atoms with E-state index in [1.165, 1.54) is 6.08 Å². The van der Waals surface area contributed by atoms with Crippen molar-refractivity contribution in [2.75, 3.05) is 0 Å². The topological polar surface area (TPSA) is 65.0 Å². The summed E-state index contributed by atoms with van der Waals surface area (Å²) in [5, 5.41) is 0. The van der Waals surface area contributed by atoms with Crippen molar-refractivity contribution in [2.45, 2.75) is 0 Å². The molecule has 0 aliphatic carbocycles. The van der Waals surface area contributed by atoms with Crippen LogP contribution in [-0.4, -0.2) is 17.8 Å². The molecule has 0 unspecified atom stereocenters. The van der Waals surface area contributed by atoms with Gasteiger partial charge in [0, 0.05) is 17.2 Å². The Kier molecular flexibility index (Phi) is 5.62. The van der Waals surface area contributed by atoms with Crippen LogP contribution in [0.3, 0.4) is 0 Å². The van der Waals surface area contributed by atoms with Crippen LogP contribution >= 0.6 is 0 Å². The number of para-hydroxylation sites is 1. The Morgan fingerprint density at radius 1 is 0.867 bits per heavy atom. The van der Waals surface area contributed by atoms with E-state index in [2.05, 4.69) is 4.99 Å². The monoisotopic (exact) mass is 395 g/mol. The maximum absolute atomic E-state index is 12.2. The molecular weight excluding hydrogens is 378 g/mol. The Bertz CT molecular complexity index is 1160. The number of carbonyl (C=O) groups excluding carboxylic acids is 2. The third-order valence-electron chi connectivity index (χ3n) is 4.27. The number of benzene rings is 3. The Morgan fingerprint density at radius 3 is 2.30 bits per heavy atom. The summed E-state index contributed by atoms with van der Waals surface area (Å²) >= 11 is 0. The van der Waals surface area contributed by atoms with Gasteiger partial charge < -0.3 is 9.47 Å². The number of esters is 2. The molecule has 1 aliphatic rings. The van der Waals surface area contributed by atoms with Gasteiger partial charge in [-0.3, -0.25) is 0 Å². The van der Waals surface area contributed by atoms with Crippen LogP contribution in [-0.2, 0) is 14.3 Å². The van der Waals surface area contributed by atoms with Crippen molar-refractivity contribution < 1.29 is 19.1 Å². The first kappa shape index (κ1) is 19.1. The van der Waals surface area contributed by atoms with Gasteiger partial charge in [-0.25, -0.2) is 14.6 Å². The molecule has 5 heteroatoms. The average molecular weight is 395 g/mol. The lowest BCUT2D eigenvalue weighted by Crippen LogP contribution is -2.06. The van der Waals surface area contributed by atoms with E-state index in [9.17, 15) is 9.59 Å². The predicted molar refractivity (Wildman–Crippen MR) is 115 cm³/mol. The average Bonchev–Trinajstić information content (AvgIpc) is 3.15. The largest absolute Gasteiger partial charge is 0.423 e. The van der Waals surface area contributed by atoms with Gasteiger partial charge in [-0.1, -0.05) is 66.7 Å². The molecule has 5 nitrogen and oxygen atoms in total. The number of aliphatic imine (C=N–C) groups is 1. The van der Waals surface area contributed by atoms with Crippen molar-refractivity contribution in [3.8, 4) is 5.75 Å². The highest BCUT2D eigenvalue weighted by molar-refractivity contribution is 6.13. The first-order chi connectivity index (χ1) is 14.7. The third-order valence-corrected chi connectivity index (χ3v) is 4.27. The van der Waals surface area contributed by atoms with Crippen LogP contribution < -0.4 is 4.74 Å². The second kappa shape index (κ2) is 8.84. The first-order valence-electron chi connectivity index (χ1n) is 9.31. The maximum atomic E-state index is 12.2. The highest BCUT2D eigenvalue weighted by Gasteiger charge is 2.24. The predicted octanol–water partition coefficient (Wildman–Crippen LogP) is 4.65. The highest BCUT2D eigenvalue weighted by atomic mass is 16.6. The van der Waals surface area contributed by atoms with Crippen molar-refractivity contribution in [3.63, 3.8) is 0 Å². The first-order valence-corrected chi connectivity index (χ1v) is 9.31. The zero-order chi connectivity index (χ0) is 20.8. The standard InChI is InChI=1S/C25H17NO4/c27-23(16-15-18-9-3-1-4-10-18)29-22-14-8-7-13-20(22)17-21-25(28)30-24(26-21)19-11-5-2-6-12-19/h1-17H. The lowest BCUT2D eigenvalue weighted by molar-refractivity contribution is -0.130. The lowest BCUT2D eigenvalue weighted by atomic mass is 10.1. The summed E-state index contributed by atoms with van der Waals surface area (Å²) in [6.45, 7) is 0. The van der Waals surface area contributed by atoms with Gasteiger partial charge in [0.1, 0.15) is 5.75 Å². The second-order valence-electron chi connectivity index (χ2n) is 6.41. The molecule has 0 fully saturated rings. The fraction of sp³-hybridized carbons (Fsp3) is 0. The van der Waals surface area contributed by atoms with Crippen molar-refractivity contribution in [2.24, 2.45) is 4.99 Å². The summed E-state index contributed by atoms with van der Waals surface area (Å²) < 4.78 is 10.7. The number of cyclic esters (lactones) is 1. The number of hydrogen-bond acceptors (Lipinski definition) is 5. The zero-order valence-corrected chi connectivity index (χ0v) is 15.9. The normalized spacial score (nSPS) is 14.6. The van der Waals surface area contributed by atoms with Crippen LogP contribution in [0.2, 0.25) is 0 Å². The highest BCUT2D eigenvalue weighted by Crippen LogP contribution is 2.25. The summed E-state index contributed by atoms with van der Waals surface area (Å²) in [5.74, 6) is -0.512. The Hall–Kier alpha value is -4.25. The Balaban J connectivity index is 1.55. The van der Waals surface area contributed by atoms with E-state index in [-0.39, 0.29) is 11.6 Å². The van der Waals surface area contributed by atoms with E-state index in [1.807, 2.05) is 60.7 Å². The smallest absolute Gasteiger partial charge is 0.363 e. The molecule has 3 aromatic carbocycles. The van der Waals surface area contributed by atoms with Crippen molar-refractivity contribution >= 4 is 30.0 Å². The number of ether oxygens (including phenoxy) is 2. The molecule has 0 spiro atoms. The van der Waals surface area contributed by atoms with Gasteiger partial charge in [0.05, 0.1) is 0 Å². The van der Waals surface area contributed by atoms with Crippen LogP contribution in [0.5, 0.6) is 5.75 Å². The lowest BCUT2D eigenvalue weighted by Gasteiger charge is -2.05. The minimum Gasteiger partial charge on any atom is -0.423 e. The van der Waals surface area contributed by atoms with Crippen LogP contribution in [0.15, 0.2) is 102 Å². The van der Waals surface area contributed by atoms with Gasteiger partial charge in [-0.2, -0.15) is 0 Å². The molecule has 0 aromatic heterocycles. The molecule has 30 heavy (non-hydrogen) atoms. The van der Waals surface area contributed by atoms with Crippen LogP contribution in [0.25, 0.3) is 12.2 Å². The molecule has 0 saturated heterocycles. The van der Waals surface area contributed by atoms with Crippen LogP contribution in [0.4, 0.5) is 0 Å². The van der Waals surface area contributed by atoms with Crippen molar-refractivity contribution in [1.82, 2.24) is 0 Å². The molecule has 0 amide bonds. The van der Waals surface area contributed by atoms with E-state index in [4.69, 9.17) is 9.47 Å². The van der Waals surface area contributed by atoms with Gasteiger partial charge in [-0.05, 0) is 35.9 Å². The second-order valence-corrected chi connectivity index (χ2v) is 6.41. The minimum absolute atomic E-state index is 0.136. The SMILES string of the molecule is O=C(C=Cc1ccccc1)Oc1ccccc1C=C1N=C(c2ccccc2)OC1=O. The summed E-state index contributed by atoms with van der Waals surface area (Å²) in [4.78, 5) is 28.7. The van der Waals surface area contributed by atoms with E-state index in [0.717, 1.165) is 5.56 Å². The molecular formula is C25H17NO4. The van der Waals surface area contributed by atoms with E-state index in [1.54, 1.807) is 36.4 Å². The summed E-state index contributed by atoms with van der Waals surface area (Å²) in [6, 6.07) is 25.5. The molecule has 4 rings (SSSR count). The van der Waals surface area contributed by atoms with Gasteiger partial charge in [0.15, 0.2) is 5.70 Å². The summed E-state index contributed by atoms with van der Waals surface area (Å²) in [7, 11) is 0. The number of rotatable bonds is 5. The van der Waals surface area contributed by atoms with Crippen molar-refractivity contribution in [1.29, 1.82) is 0 Å². The molecule has 3 aromatic rings. The van der Waals surface area contributed by atoms with E-state index in [0.29, 0.717) is 16.9 Å². The molecule has 0 radical (unpaired) electrons. The van der Waals surface area contributed by atoms with E-state index < -0.39 is 11.9 Å². The molecule has 0 N–H and O–H groups in total. The number of hydrogen-bond donors (Lipinski definition) is 0. The third kappa shape index (κ3) is 4.59. The van der Waals surface area contributed by atoms with Crippen LogP contribution in [0.1, 0.15) is 16.7 Å². The maximum Gasteiger partial charge on any atom is 0.363 e. The minimum atomic E-state index is -0.557. The van der Waals surface area contributed by atoms with Gasteiger partial charge in [0.25, 0.3) is 0 Å². The quantitative estimate of drug-likeness (QED) is 0.358.